The number of allylic oxidation sites excluding steroid dienone is 3. The number of aromatic nitrogens is 2. The predicted molar refractivity (Wildman–Crippen MR) is 111 cm³/mol. The van der Waals surface area contributed by atoms with Gasteiger partial charge in [0.1, 0.15) is 11.4 Å². The number of nitrogens with zero attached hydrogens (tertiary/aromatic N) is 3. The third-order valence-electron chi connectivity index (χ3n) is 4.72. The van der Waals surface area contributed by atoms with Gasteiger partial charge < -0.3 is 4.74 Å². The Balaban J connectivity index is 2.43. The summed E-state index contributed by atoms with van der Waals surface area (Å²) >= 11 is 0. The van der Waals surface area contributed by atoms with E-state index in [4.69, 9.17) is 0 Å². The summed E-state index contributed by atoms with van der Waals surface area (Å²) in [4.78, 5) is 9.00. The Kier molecular flexibility index (Phi) is 8.14. The fourth-order valence-electron chi connectivity index (χ4n) is 3.10. The highest BCUT2D eigenvalue weighted by Gasteiger charge is 2.32. The van der Waals surface area contributed by atoms with Gasteiger partial charge in [-0.1, -0.05) is 26.8 Å². The van der Waals surface area contributed by atoms with Crippen LogP contribution in [0.5, 0.6) is 0 Å². The minimum Gasteiger partial charge on any atom is -0.411 e. The van der Waals surface area contributed by atoms with E-state index < -0.39 is 18.1 Å². The van der Waals surface area contributed by atoms with Gasteiger partial charge in [-0.3, -0.25) is 9.39 Å². The molecule has 2 rings (SSSR count). The maximum atomic E-state index is 13.2. The lowest BCUT2D eigenvalue weighted by molar-refractivity contribution is -0.305. The van der Waals surface area contributed by atoms with E-state index in [1.807, 2.05) is 20.8 Å². The monoisotopic (exact) mass is 461 g/mol. The van der Waals surface area contributed by atoms with Crippen molar-refractivity contribution in [3.05, 3.63) is 58.8 Å². The van der Waals surface area contributed by atoms with Gasteiger partial charge >= 0.3 is 12.5 Å². The largest absolute Gasteiger partial charge is 0.572 e. The van der Waals surface area contributed by atoms with Gasteiger partial charge in [0.25, 0.3) is 0 Å². The number of hydrogen-bond donors (Lipinski definition) is 0. The molecule has 0 aliphatic carbocycles. The molecule has 4 nitrogen and oxygen atoms in total. The van der Waals surface area contributed by atoms with Crippen molar-refractivity contribution in [2.24, 2.45) is 4.99 Å². The minimum absolute atomic E-state index is 0.185. The number of pyridine rings is 1. The number of alkyl halides is 6. The van der Waals surface area contributed by atoms with Crippen LogP contribution in [0.3, 0.4) is 0 Å². The number of halogens is 6. The molecular weight excluding hydrogens is 436 g/mol. The molecule has 0 fully saturated rings. The number of ether oxygens (including phenoxy) is 1. The zero-order chi connectivity index (χ0) is 24.1. The molecule has 32 heavy (non-hydrogen) atoms. The summed E-state index contributed by atoms with van der Waals surface area (Å²) in [5.41, 5.74) is 2.05. The molecule has 0 unspecified atom stereocenters. The zero-order valence-corrected chi connectivity index (χ0v) is 18.2. The van der Waals surface area contributed by atoms with E-state index in [1.165, 1.54) is 29.5 Å². The van der Waals surface area contributed by atoms with Crippen LogP contribution >= 0.6 is 0 Å². The van der Waals surface area contributed by atoms with Crippen molar-refractivity contribution in [2.75, 3.05) is 6.54 Å². The summed E-state index contributed by atoms with van der Waals surface area (Å²) in [7, 11) is 0. The summed E-state index contributed by atoms with van der Waals surface area (Å²) in [6, 6.07) is 2.31. The predicted octanol–water partition coefficient (Wildman–Crippen LogP) is 6.89. The first kappa shape index (κ1) is 25.5. The maximum Gasteiger partial charge on any atom is 0.572 e. The van der Waals surface area contributed by atoms with Crippen LogP contribution in [0.25, 0.3) is 5.65 Å². The molecule has 176 valence electrons. The van der Waals surface area contributed by atoms with E-state index in [0.717, 1.165) is 17.8 Å². The Labute approximate surface area is 182 Å². The number of aryl methyl sites for hydroxylation is 1. The number of fused-ring (bicyclic) bond motifs is 1. The van der Waals surface area contributed by atoms with Gasteiger partial charge in [-0.05, 0) is 50.0 Å². The molecule has 0 spiro atoms. The normalized spacial score (nSPS) is 14.4. The highest BCUT2D eigenvalue weighted by molar-refractivity contribution is 6.00. The SMILES string of the molecule is CCC(=CC=C(C)OC(F)(F)F)CN=C(CC)c1c(CC)nc2ccc(C(F)(F)F)cn12. The summed E-state index contributed by atoms with van der Waals surface area (Å²) in [6.45, 7) is 6.91. The number of imidazole rings is 1. The Bertz CT molecular complexity index is 1030. The van der Waals surface area contributed by atoms with Crippen molar-refractivity contribution in [3.8, 4) is 0 Å². The fraction of sp³-hybridized carbons (Fsp3) is 0.455. The first-order chi connectivity index (χ1) is 14.9. The lowest BCUT2D eigenvalue weighted by Gasteiger charge is -2.11. The molecule has 0 aromatic carbocycles. The minimum atomic E-state index is -4.76. The van der Waals surface area contributed by atoms with Gasteiger partial charge in [0.05, 0.1) is 29.2 Å². The fourth-order valence-corrected chi connectivity index (χ4v) is 3.10. The van der Waals surface area contributed by atoms with Crippen molar-refractivity contribution in [1.29, 1.82) is 0 Å². The summed E-state index contributed by atoms with van der Waals surface area (Å²) in [5, 5.41) is 0. The Morgan fingerprint density at radius 3 is 2.28 bits per heavy atom. The van der Waals surface area contributed by atoms with Gasteiger partial charge in [0, 0.05) is 6.20 Å². The number of aliphatic imine (C=N–C) groups is 1. The van der Waals surface area contributed by atoms with Crippen LogP contribution in [0.2, 0.25) is 0 Å². The van der Waals surface area contributed by atoms with Gasteiger partial charge in [-0.2, -0.15) is 13.2 Å². The van der Waals surface area contributed by atoms with Gasteiger partial charge in [-0.25, -0.2) is 4.98 Å². The van der Waals surface area contributed by atoms with Crippen LogP contribution in [0.1, 0.15) is 57.5 Å². The summed E-state index contributed by atoms with van der Waals surface area (Å²) in [5.74, 6) is -0.308. The average Bonchev–Trinajstić information content (AvgIpc) is 3.06. The topological polar surface area (TPSA) is 38.9 Å². The lowest BCUT2D eigenvalue weighted by atomic mass is 10.1. The molecule has 10 heteroatoms. The molecule has 0 radical (unpaired) electrons. The van der Waals surface area contributed by atoms with E-state index in [2.05, 4.69) is 14.7 Å². The van der Waals surface area contributed by atoms with E-state index >= 15 is 0 Å². The summed E-state index contributed by atoms with van der Waals surface area (Å²) < 4.78 is 81.7. The van der Waals surface area contributed by atoms with Crippen molar-refractivity contribution in [1.82, 2.24) is 9.38 Å². The first-order valence-electron chi connectivity index (χ1n) is 10.1. The van der Waals surface area contributed by atoms with Crippen LogP contribution in [-0.4, -0.2) is 28.0 Å². The molecule has 0 bridgehead atoms. The lowest BCUT2D eigenvalue weighted by Crippen LogP contribution is -2.11. The molecular formula is C22H25F6N3O. The van der Waals surface area contributed by atoms with E-state index in [1.54, 1.807) is 0 Å². The molecule has 0 saturated heterocycles. The van der Waals surface area contributed by atoms with Crippen LogP contribution < -0.4 is 0 Å². The molecule has 0 aliphatic rings. The van der Waals surface area contributed by atoms with E-state index in [9.17, 15) is 26.3 Å². The quantitative estimate of drug-likeness (QED) is 0.186. The molecule has 2 aromatic rings. The van der Waals surface area contributed by atoms with Crippen molar-refractivity contribution in [3.63, 3.8) is 0 Å². The summed E-state index contributed by atoms with van der Waals surface area (Å²) in [6.07, 6.45) is -4.04. The van der Waals surface area contributed by atoms with Crippen molar-refractivity contribution >= 4 is 11.4 Å². The Morgan fingerprint density at radius 2 is 1.75 bits per heavy atom. The van der Waals surface area contributed by atoms with Crippen LogP contribution in [0, 0.1) is 0 Å². The number of rotatable bonds is 8. The highest BCUT2D eigenvalue weighted by Crippen LogP contribution is 2.30. The van der Waals surface area contributed by atoms with Crippen molar-refractivity contribution in [2.45, 2.75) is 59.5 Å². The third-order valence-corrected chi connectivity index (χ3v) is 4.72. The standard InChI is InChI=1S/C22H25F6N3O/c1-5-15(9-8-14(4)32-22(26,27)28)12-29-17(6-2)20-18(7-3)30-19-11-10-16(13-31(19)20)21(23,24)25/h8-11,13H,5-7,12H2,1-4H3. The third kappa shape index (κ3) is 6.61. The van der Waals surface area contributed by atoms with Crippen LogP contribution in [-0.2, 0) is 17.3 Å². The second-order valence-electron chi connectivity index (χ2n) is 7.02. The Hall–Kier alpha value is -2.78. The molecule has 0 aliphatic heterocycles. The zero-order valence-electron chi connectivity index (χ0n) is 18.2. The van der Waals surface area contributed by atoms with Crippen LogP contribution in [0.4, 0.5) is 26.3 Å². The molecule has 2 aromatic heterocycles. The highest BCUT2D eigenvalue weighted by atomic mass is 19.4. The molecule has 0 N–H and O–H groups in total. The van der Waals surface area contributed by atoms with E-state index in [-0.39, 0.29) is 12.3 Å². The van der Waals surface area contributed by atoms with Gasteiger partial charge in [0.2, 0.25) is 0 Å². The average molecular weight is 461 g/mol. The van der Waals surface area contributed by atoms with Crippen molar-refractivity contribution < 1.29 is 31.1 Å². The second-order valence-corrected chi connectivity index (χ2v) is 7.02. The number of hydrogen-bond acceptors (Lipinski definition) is 3. The smallest absolute Gasteiger partial charge is 0.411 e. The molecule has 2 heterocycles. The van der Waals surface area contributed by atoms with Gasteiger partial charge in [0.15, 0.2) is 0 Å². The van der Waals surface area contributed by atoms with E-state index in [0.29, 0.717) is 42.0 Å². The maximum absolute atomic E-state index is 13.2. The first-order valence-corrected chi connectivity index (χ1v) is 10.1. The molecule has 0 atom stereocenters. The molecule has 0 saturated carbocycles. The molecule has 0 amide bonds. The van der Waals surface area contributed by atoms with Gasteiger partial charge in [-0.15, -0.1) is 13.2 Å². The van der Waals surface area contributed by atoms with Crippen LogP contribution in [0.15, 0.2) is 46.8 Å². The second kappa shape index (κ2) is 10.2. The Morgan fingerprint density at radius 1 is 1.06 bits per heavy atom.